The molecule has 14 nitrogen and oxygen atoms in total. The molecule has 3 aromatic carbocycles. The predicted molar refractivity (Wildman–Crippen MR) is 181 cm³/mol. The van der Waals surface area contributed by atoms with E-state index in [0.29, 0.717) is 16.9 Å². The van der Waals surface area contributed by atoms with E-state index in [0.717, 1.165) is 23.9 Å². The topological polar surface area (TPSA) is 190 Å². The quantitative estimate of drug-likeness (QED) is 0.170. The number of amides is 3. The van der Waals surface area contributed by atoms with Crippen LogP contribution >= 0.6 is 0 Å². The van der Waals surface area contributed by atoms with E-state index in [1.54, 1.807) is 6.07 Å². The number of anilines is 1. The van der Waals surface area contributed by atoms with Crippen LogP contribution in [0.2, 0.25) is 0 Å². The summed E-state index contributed by atoms with van der Waals surface area (Å²) in [6, 6.07) is 18.8. The molecule has 14 heteroatoms. The molecule has 0 radical (unpaired) electrons. The van der Waals surface area contributed by atoms with Crippen LogP contribution in [0, 0.1) is 5.92 Å². The number of hydrogen-bond acceptors (Lipinski definition) is 11. The zero-order valence-corrected chi connectivity index (χ0v) is 28.1. The van der Waals surface area contributed by atoms with Gasteiger partial charge in [0.25, 0.3) is 5.91 Å². The summed E-state index contributed by atoms with van der Waals surface area (Å²) in [5.41, 5.74) is 2.17. The minimum atomic E-state index is -1.38. The summed E-state index contributed by atoms with van der Waals surface area (Å²) in [5, 5.41) is 21.6. The van der Waals surface area contributed by atoms with Gasteiger partial charge in [-0.2, -0.15) is 0 Å². The summed E-state index contributed by atoms with van der Waals surface area (Å²) in [6.07, 6.45) is -1.46. The number of para-hydroxylation sites is 1. The normalized spacial score (nSPS) is 21.7. The summed E-state index contributed by atoms with van der Waals surface area (Å²) >= 11 is 0. The molecule has 4 bridgehead atoms. The molecule has 1 aromatic heterocycles. The Bertz CT molecular complexity index is 2000. The Morgan fingerprint density at radius 3 is 2.55 bits per heavy atom. The van der Waals surface area contributed by atoms with Crippen molar-refractivity contribution in [3.8, 4) is 5.75 Å². The Balaban J connectivity index is 1.36. The Labute approximate surface area is 292 Å². The van der Waals surface area contributed by atoms with Crippen molar-refractivity contribution in [1.82, 2.24) is 20.9 Å². The lowest BCUT2D eigenvalue weighted by atomic mass is 9.72. The van der Waals surface area contributed by atoms with Gasteiger partial charge in [0.2, 0.25) is 11.8 Å². The van der Waals surface area contributed by atoms with Gasteiger partial charge in [0.15, 0.2) is 23.7 Å². The molecule has 1 spiro atoms. The standard InChI is InChI=1S/C37H37N5O9/c1-19(2)28-33-42-29(32(45)38-26(17-43)34(46)48-3)30(51-33)37-22-11-7-8-12-24(22)39-35(37)50-27-14-13-21(15-23(27)37)16-25(31(44)41-28)40-36(47)49-18-20-9-5-4-6-10-20/h4-15,19,25-26,28,35,39,43H,16-18H2,1-3H3,(H,38,45)(H,40,47)(H,41,44)/t25-,26-,28-,35?,37-/m0/s1. The molecule has 5 N–H and O–H groups in total. The first-order valence-electron chi connectivity index (χ1n) is 16.6. The van der Waals surface area contributed by atoms with Crippen LogP contribution in [0.3, 0.4) is 0 Å². The molecule has 5 atom stereocenters. The summed E-state index contributed by atoms with van der Waals surface area (Å²) < 4.78 is 23.4. The fourth-order valence-electron chi connectivity index (χ4n) is 6.91. The Morgan fingerprint density at radius 2 is 1.80 bits per heavy atom. The number of ether oxygens (including phenoxy) is 3. The fourth-order valence-corrected chi connectivity index (χ4v) is 6.91. The first-order valence-corrected chi connectivity index (χ1v) is 16.6. The number of carbonyl (C=O) groups excluding carboxylic acids is 4. The van der Waals surface area contributed by atoms with Gasteiger partial charge in [0.05, 0.1) is 13.7 Å². The SMILES string of the molecule is COC(=O)[C@H](CO)NC(=O)c1nc2oc1[C@@]13c4ccccc4NC1Oc1ccc(cc13)C[C@H](NC(=O)OCc1ccccc1)C(=O)N[C@H]2C(C)C. The van der Waals surface area contributed by atoms with E-state index < -0.39 is 60.3 Å². The van der Waals surface area contributed by atoms with Crippen LogP contribution in [0.25, 0.3) is 0 Å². The second-order valence-corrected chi connectivity index (χ2v) is 13.0. The molecule has 3 aliphatic rings. The van der Waals surface area contributed by atoms with E-state index in [1.165, 1.54) is 0 Å². The number of aliphatic hydroxyl groups excluding tert-OH is 1. The Kier molecular flexibility index (Phi) is 8.85. The van der Waals surface area contributed by atoms with Gasteiger partial charge >= 0.3 is 12.1 Å². The van der Waals surface area contributed by atoms with Crippen LogP contribution in [0.1, 0.15) is 64.3 Å². The van der Waals surface area contributed by atoms with Crippen molar-refractivity contribution >= 4 is 29.6 Å². The minimum Gasteiger partial charge on any atom is -0.469 e. The van der Waals surface area contributed by atoms with Gasteiger partial charge in [0.1, 0.15) is 29.9 Å². The van der Waals surface area contributed by atoms with Crippen molar-refractivity contribution in [2.45, 2.75) is 56.6 Å². The first-order chi connectivity index (χ1) is 24.6. The van der Waals surface area contributed by atoms with E-state index in [9.17, 15) is 24.3 Å². The first kappa shape index (κ1) is 33.6. The van der Waals surface area contributed by atoms with E-state index >= 15 is 0 Å². The number of esters is 1. The highest BCUT2D eigenvalue weighted by atomic mass is 16.5. The number of rotatable bonds is 8. The number of alkyl carbamates (subject to hydrolysis) is 1. The van der Waals surface area contributed by atoms with Crippen molar-refractivity contribution in [2.75, 3.05) is 19.0 Å². The third-order valence-electron chi connectivity index (χ3n) is 9.43. The van der Waals surface area contributed by atoms with Crippen LogP contribution in [0.15, 0.2) is 77.2 Å². The van der Waals surface area contributed by atoms with Gasteiger partial charge in [-0.1, -0.05) is 74.5 Å². The number of hydrogen-bond donors (Lipinski definition) is 5. The highest BCUT2D eigenvalue weighted by Crippen LogP contribution is 2.58. The number of aromatic nitrogens is 1. The monoisotopic (exact) mass is 695 g/mol. The van der Waals surface area contributed by atoms with Gasteiger partial charge in [-0.15, -0.1) is 0 Å². The van der Waals surface area contributed by atoms with Crippen LogP contribution in [0.4, 0.5) is 10.5 Å². The predicted octanol–water partition coefficient (Wildman–Crippen LogP) is 3.08. The highest BCUT2D eigenvalue weighted by Gasteiger charge is 2.61. The number of nitrogens with one attached hydrogen (secondary N) is 4. The van der Waals surface area contributed by atoms with Gasteiger partial charge < -0.3 is 45.0 Å². The van der Waals surface area contributed by atoms with Gasteiger partial charge in [-0.25, -0.2) is 14.6 Å². The fraction of sp³-hybridized carbons (Fsp3) is 0.324. The van der Waals surface area contributed by atoms with E-state index in [2.05, 4.69) is 26.3 Å². The lowest BCUT2D eigenvalue weighted by Gasteiger charge is -2.29. The molecule has 1 unspecified atom stereocenters. The average molecular weight is 696 g/mol. The maximum atomic E-state index is 14.1. The molecule has 4 heterocycles. The van der Waals surface area contributed by atoms with Crippen molar-refractivity contribution in [2.24, 2.45) is 5.92 Å². The molecule has 0 saturated heterocycles. The molecular weight excluding hydrogens is 658 g/mol. The van der Waals surface area contributed by atoms with E-state index in [4.69, 9.17) is 18.6 Å². The second kappa shape index (κ2) is 13.4. The molecule has 0 saturated carbocycles. The van der Waals surface area contributed by atoms with Crippen LogP contribution < -0.4 is 26.0 Å². The minimum absolute atomic E-state index is 0.0131. The van der Waals surface area contributed by atoms with Crippen LogP contribution in [-0.4, -0.2) is 66.0 Å². The molecule has 0 aliphatic carbocycles. The van der Waals surface area contributed by atoms with Crippen LogP contribution in [0.5, 0.6) is 5.75 Å². The molecule has 0 fully saturated rings. The lowest BCUT2D eigenvalue weighted by molar-refractivity contribution is -0.143. The maximum absolute atomic E-state index is 14.1. The zero-order valence-electron chi connectivity index (χ0n) is 28.1. The molecule has 51 heavy (non-hydrogen) atoms. The molecule has 3 amide bonds. The molecular formula is C37H37N5O9. The van der Waals surface area contributed by atoms with E-state index in [1.807, 2.05) is 80.6 Å². The maximum Gasteiger partial charge on any atom is 0.408 e. The zero-order chi connectivity index (χ0) is 35.9. The molecule has 7 rings (SSSR count). The smallest absolute Gasteiger partial charge is 0.408 e. The van der Waals surface area contributed by atoms with Crippen molar-refractivity contribution in [3.63, 3.8) is 0 Å². The third kappa shape index (κ3) is 5.90. The van der Waals surface area contributed by atoms with Gasteiger partial charge in [-0.05, 0) is 34.7 Å². The number of aliphatic hydroxyl groups is 1. The van der Waals surface area contributed by atoms with Gasteiger partial charge in [0, 0.05) is 17.7 Å². The molecule has 264 valence electrons. The third-order valence-corrected chi connectivity index (χ3v) is 9.43. The number of carbonyl (C=O) groups is 4. The molecule has 4 aromatic rings. The second-order valence-electron chi connectivity index (χ2n) is 13.0. The number of methoxy groups -OCH3 is 1. The largest absolute Gasteiger partial charge is 0.469 e. The average Bonchev–Trinajstić information content (AvgIpc) is 3.80. The van der Waals surface area contributed by atoms with Crippen molar-refractivity contribution in [1.29, 1.82) is 0 Å². The number of benzene rings is 3. The number of nitrogens with zero attached hydrogens (tertiary/aromatic N) is 1. The lowest BCUT2D eigenvalue weighted by Crippen LogP contribution is -2.49. The highest BCUT2D eigenvalue weighted by molar-refractivity contribution is 5.97. The summed E-state index contributed by atoms with van der Waals surface area (Å²) in [7, 11) is 1.15. The van der Waals surface area contributed by atoms with Crippen molar-refractivity contribution in [3.05, 3.63) is 112 Å². The summed E-state index contributed by atoms with van der Waals surface area (Å²) in [4.78, 5) is 58.3. The van der Waals surface area contributed by atoms with E-state index in [-0.39, 0.29) is 36.3 Å². The Hall–Kier alpha value is -5.89. The Morgan fingerprint density at radius 1 is 1.04 bits per heavy atom. The number of fused-ring (bicyclic) bond motifs is 4. The summed E-state index contributed by atoms with van der Waals surface area (Å²) in [5.74, 6) is -1.85. The summed E-state index contributed by atoms with van der Waals surface area (Å²) in [6.45, 7) is 2.99. The van der Waals surface area contributed by atoms with Gasteiger partial charge in [-0.3, -0.25) is 9.59 Å². The van der Waals surface area contributed by atoms with Crippen molar-refractivity contribution < 1.29 is 42.9 Å². The number of oxazole rings is 1. The van der Waals surface area contributed by atoms with Crippen LogP contribution in [-0.2, 0) is 37.5 Å². The molecule has 3 aliphatic heterocycles.